The molecular weight excluding hydrogens is 486 g/mol. The standard InChI is InChI=1S/C26H36ClN3O4S/c1-6-8-16-28-26(32)23(7-2)29(17-21-13-10-9-12-19(21)3)25(31)18-30(35(5,33)34)24-15-11-14-22(27)20(24)4/h9-15,23H,6-8,16-18H2,1-5H3,(H,28,32). The predicted octanol–water partition coefficient (Wildman–Crippen LogP) is 4.45. The van der Waals surface area contributed by atoms with Gasteiger partial charge in [0, 0.05) is 18.1 Å². The van der Waals surface area contributed by atoms with E-state index in [1.807, 2.05) is 45.0 Å². The molecule has 2 amide bonds. The summed E-state index contributed by atoms with van der Waals surface area (Å²) in [6.07, 6.45) is 3.22. The van der Waals surface area contributed by atoms with Crippen molar-refractivity contribution in [1.29, 1.82) is 0 Å². The number of benzene rings is 2. The molecule has 1 N–H and O–H groups in total. The highest BCUT2D eigenvalue weighted by atomic mass is 35.5. The zero-order chi connectivity index (χ0) is 26.2. The van der Waals surface area contributed by atoms with Crippen molar-refractivity contribution in [3.05, 3.63) is 64.2 Å². The van der Waals surface area contributed by atoms with Gasteiger partial charge in [-0.1, -0.05) is 62.2 Å². The Bertz CT molecular complexity index is 1140. The Kier molecular flexibility index (Phi) is 10.6. The van der Waals surface area contributed by atoms with Crippen LogP contribution in [0.1, 0.15) is 49.8 Å². The number of anilines is 1. The molecule has 2 aromatic carbocycles. The second-order valence-corrected chi connectivity index (χ2v) is 11.0. The fraction of sp³-hybridized carbons (Fsp3) is 0.462. The van der Waals surface area contributed by atoms with E-state index < -0.39 is 28.5 Å². The fourth-order valence-corrected chi connectivity index (χ4v) is 4.93. The Morgan fingerprint density at radius 2 is 1.74 bits per heavy atom. The highest BCUT2D eigenvalue weighted by molar-refractivity contribution is 7.92. The van der Waals surface area contributed by atoms with Gasteiger partial charge in [0.1, 0.15) is 12.6 Å². The fourth-order valence-electron chi connectivity index (χ4n) is 3.86. The maximum absolute atomic E-state index is 13.7. The van der Waals surface area contributed by atoms with Crippen LogP contribution in [0.2, 0.25) is 5.02 Å². The van der Waals surface area contributed by atoms with E-state index in [0.29, 0.717) is 29.2 Å². The van der Waals surface area contributed by atoms with Crippen LogP contribution in [-0.2, 0) is 26.2 Å². The molecule has 0 aliphatic carbocycles. The van der Waals surface area contributed by atoms with Crippen LogP contribution in [-0.4, -0.2) is 50.5 Å². The minimum absolute atomic E-state index is 0.192. The topological polar surface area (TPSA) is 86.8 Å². The van der Waals surface area contributed by atoms with Gasteiger partial charge in [0.25, 0.3) is 0 Å². The second-order valence-electron chi connectivity index (χ2n) is 8.67. The van der Waals surface area contributed by atoms with E-state index in [1.165, 1.54) is 4.90 Å². The first-order chi connectivity index (χ1) is 16.5. The first-order valence-corrected chi connectivity index (χ1v) is 14.1. The van der Waals surface area contributed by atoms with Crippen LogP contribution in [0, 0.1) is 13.8 Å². The number of hydrogen-bond acceptors (Lipinski definition) is 4. The smallest absolute Gasteiger partial charge is 0.244 e. The summed E-state index contributed by atoms with van der Waals surface area (Å²) < 4.78 is 26.6. The molecule has 35 heavy (non-hydrogen) atoms. The van der Waals surface area contributed by atoms with Gasteiger partial charge in [-0.15, -0.1) is 0 Å². The third-order valence-electron chi connectivity index (χ3n) is 6.00. The van der Waals surface area contributed by atoms with E-state index in [-0.39, 0.29) is 12.5 Å². The molecular formula is C26H36ClN3O4S. The van der Waals surface area contributed by atoms with E-state index in [9.17, 15) is 18.0 Å². The van der Waals surface area contributed by atoms with Crippen LogP contribution < -0.4 is 9.62 Å². The molecule has 2 rings (SSSR count). The van der Waals surface area contributed by atoms with E-state index in [0.717, 1.165) is 34.5 Å². The van der Waals surface area contributed by atoms with Gasteiger partial charge in [0.2, 0.25) is 21.8 Å². The van der Waals surface area contributed by atoms with Crippen molar-refractivity contribution in [3.63, 3.8) is 0 Å². The number of sulfonamides is 1. The monoisotopic (exact) mass is 521 g/mol. The molecule has 0 aliphatic rings. The lowest BCUT2D eigenvalue weighted by atomic mass is 10.1. The van der Waals surface area contributed by atoms with Gasteiger partial charge in [-0.25, -0.2) is 8.42 Å². The summed E-state index contributed by atoms with van der Waals surface area (Å²) in [5, 5.41) is 3.32. The van der Waals surface area contributed by atoms with E-state index >= 15 is 0 Å². The zero-order valence-electron chi connectivity index (χ0n) is 21.2. The number of rotatable bonds is 12. The number of hydrogen-bond donors (Lipinski definition) is 1. The molecule has 7 nitrogen and oxygen atoms in total. The summed E-state index contributed by atoms with van der Waals surface area (Å²) >= 11 is 6.24. The lowest BCUT2D eigenvalue weighted by Gasteiger charge is -2.33. The quantitative estimate of drug-likeness (QED) is 0.418. The molecule has 0 saturated heterocycles. The molecule has 0 heterocycles. The molecule has 0 spiro atoms. The number of nitrogens with one attached hydrogen (secondary N) is 1. The van der Waals surface area contributed by atoms with Crippen LogP contribution in [0.25, 0.3) is 0 Å². The Labute approximate surface area is 214 Å². The molecule has 0 fully saturated rings. The number of nitrogens with zero attached hydrogens (tertiary/aromatic N) is 2. The van der Waals surface area contributed by atoms with Crippen molar-refractivity contribution in [3.8, 4) is 0 Å². The van der Waals surface area contributed by atoms with E-state index in [1.54, 1.807) is 25.1 Å². The first kappa shape index (κ1) is 28.7. The summed E-state index contributed by atoms with van der Waals surface area (Å²) in [6.45, 7) is 7.81. The Balaban J connectivity index is 2.46. The average molecular weight is 522 g/mol. The van der Waals surface area contributed by atoms with Crippen molar-refractivity contribution < 1.29 is 18.0 Å². The van der Waals surface area contributed by atoms with Gasteiger partial charge in [0.15, 0.2) is 0 Å². The number of halogens is 1. The van der Waals surface area contributed by atoms with Crippen LogP contribution in [0.4, 0.5) is 5.69 Å². The molecule has 2 aromatic rings. The molecule has 1 atom stereocenters. The lowest BCUT2D eigenvalue weighted by Crippen LogP contribution is -2.52. The second kappa shape index (κ2) is 12.9. The minimum Gasteiger partial charge on any atom is -0.354 e. The Hall–Kier alpha value is -2.58. The first-order valence-electron chi connectivity index (χ1n) is 11.9. The van der Waals surface area contributed by atoms with Gasteiger partial charge >= 0.3 is 0 Å². The van der Waals surface area contributed by atoms with Crippen molar-refractivity contribution in [2.75, 3.05) is 23.7 Å². The SMILES string of the molecule is CCCCNC(=O)C(CC)N(Cc1ccccc1C)C(=O)CN(c1cccc(Cl)c1C)S(C)(=O)=O. The number of amides is 2. The highest BCUT2D eigenvalue weighted by Crippen LogP contribution is 2.28. The van der Waals surface area contributed by atoms with Gasteiger partial charge in [0.05, 0.1) is 11.9 Å². The van der Waals surface area contributed by atoms with Crippen LogP contribution in [0.3, 0.4) is 0 Å². The maximum atomic E-state index is 13.7. The molecule has 0 bridgehead atoms. The van der Waals surface area contributed by atoms with E-state index in [2.05, 4.69) is 5.32 Å². The summed E-state index contributed by atoms with van der Waals surface area (Å²) in [6, 6.07) is 11.8. The Morgan fingerprint density at radius 3 is 2.34 bits per heavy atom. The van der Waals surface area contributed by atoms with Crippen molar-refractivity contribution in [2.24, 2.45) is 0 Å². The largest absolute Gasteiger partial charge is 0.354 e. The summed E-state index contributed by atoms with van der Waals surface area (Å²) in [5.74, 6) is -0.705. The zero-order valence-corrected chi connectivity index (χ0v) is 22.7. The minimum atomic E-state index is -3.81. The van der Waals surface area contributed by atoms with Crippen molar-refractivity contribution >= 4 is 39.1 Å². The summed E-state index contributed by atoms with van der Waals surface area (Å²) in [4.78, 5) is 28.3. The van der Waals surface area contributed by atoms with Crippen LogP contribution in [0.15, 0.2) is 42.5 Å². The number of carbonyl (C=O) groups is 2. The van der Waals surface area contributed by atoms with Gasteiger partial charge < -0.3 is 10.2 Å². The molecule has 1 unspecified atom stereocenters. The number of carbonyl (C=O) groups excluding carboxylic acids is 2. The molecule has 0 aliphatic heterocycles. The number of unbranched alkanes of at least 4 members (excludes halogenated alkanes) is 1. The van der Waals surface area contributed by atoms with Gasteiger partial charge in [-0.05, 0) is 55.5 Å². The molecule has 9 heteroatoms. The lowest BCUT2D eigenvalue weighted by molar-refractivity contribution is -0.140. The van der Waals surface area contributed by atoms with Crippen LogP contribution in [0.5, 0.6) is 0 Å². The van der Waals surface area contributed by atoms with Crippen molar-refractivity contribution in [2.45, 2.75) is 59.5 Å². The van der Waals surface area contributed by atoms with Crippen LogP contribution >= 0.6 is 11.6 Å². The molecule has 0 aromatic heterocycles. The normalized spacial score (nSPS) is 12.2. The molecule has 192 valence electrons. The predicted molar refractivity (Wildman–Crippen MR) is 142 cm³/mol. The Morgan fingerprint density at radius 1 is 1.06 bits per heavy atom. The van der Waals surface area contributed by atoms with E-state index in [4.69, 9.17) is 11.6 Å². The van der Waals surface area contributed by atoms with Gasteiger partial charge in [-0.3, -0.25) is 13.9 Å². The molecule has 0 radical (unpaired) electrons. The third-order valence-corrected chi connectivity index (χ3v) is 7.54. The number of aryl methyl sites for hydroxylation is 1. The van der Waals surface area contributed by atoms with Crippen molar-refractivity contribution in [1.82, 2.24) is 10.2 Å². The highest BCUT2D eigenvalue weighted by Gasteiger charge is 2.32. The summed E-state index contributed by atoms with van der Waals surface area (Å²) in [5.41, 5.74) is 2.77. The van der Waals surface area contributed by atoms with Gasteiger partial charge in [-0.2, -0.15) is 0 Å². The average Bonchev–Trinajstić information content (AvgIpc) is 2.80. The molecule has 0 saturated carbocycles. The third kappa shape index (κ3) is 7.70. The summed E-state index contributed by atoms with van der Waals surface area (Å²) in [7, 11) is -3.81. The maximum Gasteiger partial charge on any atom is 0.244 e.